The molecule has 0 fully saturated rings. The van der Waals surface area contributed by atoms with Crippen LogP contribution >= 0.6 is 0 Å². The zero-order valence-corrected chi connectivity index (χ0v) is 14.5. The fourth-order valence-electron chi connectivity index (χ4n) is 2.53. The van der Waals surface area contributed by atoms with Crippen molar-refractivity contribution in [2.24, 2.45) is 0 Å². The first-order valence-corrected chi connectivity index (χ1v) is 9.23. The van der Waals surface area contributed by atoms with Crippen molar-refractivity contribution in [1.29, 1.82) is 0 Å². The fourth-order valence-corrected chi connectivity index (χ4v) is 2.53. The first kappa shape index (κ1) is 19.9. The van der Waals surface area contributed by atoms with Gasteiger partial charge in [-0.3, -0.25) is 4.84 Å². The first-order valence-electron chi connectivity index (χ1n) is 9.23. The molecule has 0 aromatic rings. The second kappa shape index (κ2) is 17.0. The van der Waals surface area contributed by atoms with Gasteiger partial charge in [0.2, 0.25) is 0 Å². The minimum absolute atomic E-state index is 0.807. The summed E-state index contributed by atoms with van der Waals surface area (Å²) in [5.74, 6) is 0. The standard InChI is InChI=1S/C18H39NO/c1-4-7-9-10-11-12-13-14-15-16-18-19(20-6-3)17-8-5-2/h4-18H2,1-3H3. The number of nitrogens with zero attached hydrogens (tertiary/aromatic N) is 1. The van der Waals surface area contributed by atoms with E-state index in [2.05, 4.69) is 25.8 Å². The minimum atomic E-state index is 0.807. The second-order valence-corrected chi connectivity index (χ2v) is 5.88. The highest BCUT2D eigenvalue weighted by Gasteiger charge is 2.03. The van der Waals surface area contributed by atoms with Gasteiger partial charge in [-0.2, -0.15) is 5.06 Å². The number of hydroxylamine groups is 2. The van der Waals surface area contributed by atoms with Crippen LogP contribution in [0.2, 0.25) is 0 Å². The molecule has 0 saturated carbocycles. The Labute approximate surface area is 128 Å². The lowest BCUT2D eigenvalue weighted by Gasteiger charge is -2.20. The van der Waals surface area contributed by atoms with Gasteiger partial charge in [0.15, 0.2) is 0 Å². The fraction of sp³-hybridized carbons (Fsp3) is 1.00. The summed E-state index contributed by atoms with van der Waals surface area (Å²) in [4.78, 5) is 5.66. The highest BCUT2D eigenvalue weighted by atomic mass is 16.7. The number of unbranched alkanes of at least 4 members (excludes halogenated alkanes) is 10. The van der Waals surface area contributed by atoms with Gasteiger partial charge < -0.3 is 0 Å². The van der Waals surface area contributed by atoms with E-state index in [0.29, 0.717) is 0 Å². The largest absolute Gasteiger partial charge is 0.299 e. The molecule has 2 nitrogen and oxygen atoms in total. The Morgan fingerprint density at radius 1 is 0.550 bits per heavy atom. The van der Waals surface area contributed by atoms with Crippen molar-refractivity contribution in [3.8, 4) is 0 Å². The highest BCUT2D eigenvalue weighted by molar-refractivity contribution is 4.51. The summed E-state index contributed by atoms with van der Waals surface area (Å²) in [6.07, 6.45) is 16.5. The maximum atomic E-state index is 5.66. The Hall–Kier alpha value is -0.0800. The van der Waals surface area contributed by atoms with E-state index in [1.165, 1.54) is 77.0 Å². The van der Waals surface area contributed by atoms with Crippen LogP contribution in [0.15, 0.2) is 0 Å². The molecule has 0 aliphatic rings. The normalized spacial score (nSPS) is 11.4. The van der Waals surface area contributed by atoms with Crippen molar-refractivity contribution in [3.05, 3.63) is 0 Å². The lowest BCUT2D eigenvalue weighted by Crippen LogP contribution is -2.26. The Kier molecular flexibility index (Phi) is 16.9. The Morgan fingerprint density at radius 3 is 1.50 bits per heavy atom. The molecule has 0 atom stereocenters. The van der Waals surface area contributed by atoms with Crippen molar-refractivity contribution < 1.29 is 4.84 Å². The molecule has 0 aromatic carbocycles. The van der Waals surface area contributed by atoms with Crippen LogP contribution in [0.3, 0.4) is 0 Å². The molecule has 0 spiro atoms. The van der Waals surface area contributed by atoms with Crippen molar-refractivity contribution >= 4 is 0 Å². The Morgan fingerprint density at radius 2 is 1.00 bits per heavy atom. The zero-order chi connectivity index (χ0) is 14.9. The number of hydrogen-bond acceptors (Lipinski definition) is 2. The summed E-state index contributed by atoms with van der Waals surface area (Å²) in [6.45, 7) is 9.63. The SMILES string of the molecule is CCCCCCCCCCCCN(CCCC)OCC. The Bertz CT molecular complexity index is 173. The highest BCUT2D eigenvalue weighted by Crippen LogP contribution is 2.11. The molecule has 0 rings (SSSR count). The lowest BCUT2D eigenvalue weighted by molar-refractivity contribution is -0.155. The average Bonchev–Trinajstić information content (AvgIpc) is 2.46. The monoisotopic (exact) mass is 285 g/mol. The van der Waals surface area contributed by atoms with Crippen LogP contribution in [0.5, 0.6) is 0 Å². The average molecular weight is 286 g/mol. The van der Waals surface area contributed by atoms with Gasteiger partial charge >= 0.3 is 0 Å². The molecule has 20 heavy (non-hydrogen) atoms. The van der Waals surface area contributed by atoms with Crippen LogP contribution < -0.4 is 0 Å². The van der Waals surface area contributed by atoms with E-state index in [1.807, 2.05) is 0 Å². The summed E-state index contributed by atoms with van der Waals surface area (Å²) in [6, 6.07) is 0. The molecule has 122 valence electrons. The van der Waals surface area contributed by atoms with Gasteiger partial charge in [0.1, 0.15) is 0 Å². The van der Waals surface area contributed by atoms with Gasteiger partial charge in [-0.15, -0.1) is 0 Å². The molecule has 0 amide bonds. The number of hydrogen-bond donors (Lipinski definition) is 0. The maximum absolute atomic E-state index is 5.66. The summed E-state index contributed by atoms with van der Waals surface area (Å²) in [7, 11) is 0. The molecule has 0 N–H and O–H groups in total. The Balaban J connectivity index is 3.27. The lowest BCUT2D eigenvalue weighted by atomic mass is 10.1. The first-order chi connectivity index (χ1) is 9.85. The molecule has 0 heterocycles. The molecule has 0 saturated heterocycles. The van der Waals surface area contributed by atoms with E-state index in [4.69, 9.17) is 4.84 Å². The molecule has 0 radical (unpaired) electrons. The molecule has 0 unspecified atom stereocenters. The molecule has 0 aliphatic carbocycles. The molecule has 2 heteroatoms. The predicted octanol–water partition coefficient (Wildman–Crippen LogP) is 5.96. The van der Waals surface area contributed by atoms with Gasteiger partial charge in [0, 0.05) is 13.1 Å². The van der Waals surface area contributed by atoms with Crippen LogP contribution in [-0.2, 0) is 4.84 Å². The van der Waals surface area contributed by atoms with Crippen LogP contribution in [0, 0.1) is 0 Å². The maximum Gasteiger partial charge on any atom is 0.0656 e. The summed E-state index contributed by atoms with van der Waals surface area (Å²) in [5.41, 5.74) is 0. The van der Waals surface area contributed by atoms with Gasteiger partial charge in [0.05, 0.1) is 6.61 Å². The second-order valence-electron chi connectivity index (χ2n) is 5.88. The minimum Gasteiger partial charge on any atom is -0.299 e. The van der Waals surface area contributed by atoms with Crippen LogP contribution in [0.25, 0.3) is 0 Å². The van der Waals surface area contributed by atoms with Crippen molar-refractivity contribution in [2.75, 3.05) is 19.7 Å². The van der Waals surface area contributed by atoms with Crippen molar-refractivity contribution in [3.63, 3.8) is 0 Å². The van der Waals surface area contributed by atoms with Gasteiger partial charge in [-0.05, 0) is 19.8 Å². The molecule has 0 aliphatic heterocycles. The third-order valence-corrected chi connectivity index (χ3v) is 3.83. The third kappa shape index (κ3) is 14.3. The predicted molar refractivity (Wildman–Crippen MR) is 90.0 cm³/mol. The van der Waals surface area contributed by atoms with E-state index in [9.17, 15) is 0 Å². The van der Waals surface area contributed by atoms with Gasteiger partial charge in [-0.1, -0.05) is 78.1 Å². The van der Waals surface area contributed by atoms with Crippen LogP contribution in [0.1, 0.15) is 97.8 Å². The molecular weight excluding hydrogens is 246 g/mol. The molecule has 0 aromatic heterocycles. The van der Waals surface area contributed by atoms with E-state index in [0.717, 1.165) is 19.7 Å². The van der Waals surface area contributed by atoms with Gasteiger partial charge in [0.25, 0.3) is 0 Å². The van der Waals surface area contributed by atoms with Gasteiger partial charge in [-0.25, -0.2) is 0 Å². The summed E-state index contributed by atoms with van der Waals surface area (Å²) >= 11 is 0. The summed E-state index contributed by atoms with van der Waals surface area (Å²) in [5, 5.41) is 2.17. The van der Waals surface area contributed by atoms with Crippen LogP contribution in [-0.4, -0.2) is 24.8 Å². The molecular formula is C18H39NO. The van der Waals surface area contributed by atoms with E-state index in [-0.39, 0.29) is 0 Å². The van der Waals surface area contributed by atoms with Crippen molar-refractivity contribution in [2.45, 2.75) is 97.8 Å². The molecule has 0 bridgehead atoms. The topological polar surface area (TPSA) is 12.5 Å². The van der Waals surface area contributed by atoms with E-state index in [1.54, 1.807) is 0 Å². The van der Waals surface area contributed by atoms with E-state index >= 15 is 0 Å². The van der Waals surface area contributed by atoms with Crippen molar-refractivity contribution in [1.82, 2.24) is 5.06 Å². The number of rotatable bonds is 16. The van der Waals surface area contributed by atoms with Crippen LogP contribution in [0.4, 0.5) is 0 Å². The third-order valence-electron chi connectivity index (χ3n) is 3.83. The zero-order valence-electron chi connectivity index (χ0n) is 14.5. The smallest absolute Gasteiger partial charge is 0.0656 e. The quantitative estimate of drug-likeness (QED) is 0.256. The van der Waals surface area contributed by atoms with E-state index < -0.39 is 0 Å². The summed E-state index contributed by atoms with van der Waals surface area (Å²) < 4.78 is 0.